The number of hydrogen-bond acceptors (Lipinski definition) is 5. The summed E-state index contributed by atoms with van der Waals surface area (Å²) in [6, 6.07) is 0. The molecule has 7 nitrogen and oxygen atoms in total. The van der Waals surface area contributed by atoms with Gasteiger partial charge in [0.15, 0.2) is 6.39 Å². The molecule has 0 spiro atoms. The summed E-state index contributed by atoms with van der Waals surface area (Å²) in [7, 11) is 0. The van der Waals surface area contributed by atoms with Gasteiger partial charge in [-0.15, -0.1) is 0 Å². The van der Waals surface area contributed by atoms with E-state index in [1.165, 1.54) is 12.6 Å². The van der Waals surface area contributed by atoms with Gasteiger partial charge >= 0.3 is 12.1 Å². The van der Waals surface area contributed by atoms with Crippen molar-refractivity contribution in [2.45, 2.75) is 6.18 Å². The number of likely N-dealkylation sites (tertiary alicyclic amines) is 1. The van der Waals surface area contributed by atoms with Crippen molar-refractivity contribution in [2.24, 2.45) is 11.8 Å². The van der Waals surface area contributed by atoms with Gasteiger partial charge in [0.1, 0.15) is 0 Å². The zero-order chi connectivity index (χ0) is 16.3. The van der Waals surface area contributed by atoms with Crippen LogP contribution < -0.4 is 5.32 Å². The largest absolute Gasteiger partial charge is 0.490 e. The fourth-order valence-corrected chi connectivity index (χ4v) is 2.50. The number of hydrogen-bond donors (Lipinski definition) is 2. The summed E-state index contributed by atoms with van der Waals surface area (Å²) < 4.78 is 36.7. The van der Waals surface area contributed by atoms with E-state index in [9.17, 15) is 18.0 Å². The molecule has 22 heavy (non-hydrogen) atoms. The van der Waals surface area contributed by atoms with Crippen molar-refractivity contribution < 1.29 is 32.3 Å². The fraction of sp³-hybridized carbons (Fsp3) is 0.583. The minimum atomic E-state index is -5.08. The number of fused-ring (bicyclic) bond motifs is 1. The molecule has 3 rings (SSSR count). The Morgan fingerprint density at radius 1 is 1.32 bits per heavy atom. The van der Waals surface area contributed by atoms with Gasteiger partial charge in [0.05, 0.1) is 6.20 Å². The lowest BCUT2D eigenvalue weighted by atomic mass is 10.0. The Morgan fingerprint density at radius 3 is 2.27 bits per heavy atom. The lowest BCUT2D eigenvalue weighted by molar-refractivity contribution is -0.192. The van der Waals surface area contributed by atoms with Crippen LogP contribution in [0.25, 0.3) is 0 Å². The molecule has 0 aliphatic carbocycles. The topological polar surface area (TPSA) is 95.7 Å². The second kappa shape index (κ2) is 6.34. The first kappa shape index (κ1) is 16.3. The van der Waals surface area contributed by atoms with Crippen molar-refractivity contribution in [2.75, 3.05) is 26.2 Å². The third-order valence-electron chi connectivity index (χ3n) is 3.56. The first-order chi connectivity index (χ1) is 10.3. The molecule has 2 saturated heterocycles. The van der Waals surface area contributed by atoms with Crippen LogP contribution in [0.3, 0.4) is 0 Å². The number of oxazole rings is 1. The molecule has 122 valence electrons. The van der Waals surface area contributed by atoms with Gasteiger partial charge in [-0.2, -0.15) is 13.2 Å². The van der Waals surface area contributed by atoms with Crippen molar-refractivity contribution in [1.82, 2.24) is 15.2 Å². The molecule has 10 heteroatoms. The van der Waals surface area contributed by atoms with Crippen molar-refractivity contribution in [1.29, 1.82) is 0 Å². The highest BCUT2D eigenvalue weighted by Crippen LogP contribution is 2.27. The number of nitrogens with zero attached hydrogens (tertiary/aromatic N) is 2. The third kappa shape index (κ3) is 3.75. The summed E-state index contributed by atoms with van der Waals surface area (Å²) in [6.45, 7) is 3.75. The van der Waals surface area contributed by atoms with Crippen LogP contribution in [0.15, 0.2) is 17.0 Å². The molecule has 2 aliphatic rings. The van der Waals surface area contributed by atoms with Crippen LogP contribution in [0.5, 0.6) is 0 Å². The number of alkyl halides is 3. The molecule has 0 aromatic carbocycles. The Morgan fingerprint density at radius 2 is 1.86 bits per heavy atom. The number of carbonyl (C=O) groups excluding carboxylic acids is 1. The number of nitrogens with one attached hydrogen (secondary N) is 1. The molecular weight excluding hydrogens is 307 g/mol. The predicted molar refractivity (Wildman–Crippen MR) is 65.9 cm³/mol. The Labute approximate surface area is 123 Å². The molecule has 1 aromatic heterocycles. The van der Waals surface area contributed by atoms with Crippen LogP contribution in [-0.2, 0) is 4.79 Å². The number of carboxylic acid groups (broad SMARTS) is 1. The minimum absolute atomic E-state index is 0.0260. The highest BCUT2D eigenvalue weighted by molar-refractivity contribution is 5.91. The van der Waals surface area contributed by atoms with Gasteiger partial charge in [0.25, 0.3) is 5.91 Å². The average Bonchev–Trinajstić information content (AvgIpc) is 3.14. The molecule has 2 aliphatic heterocycles. The summed E-state index contributed by atoms with van der Waals surface area (Å²) in [5, 5.41) is 10.5. The van der Waals surface area contributed by atoms with Gasteiger partial charge in [0, 0.05) is 26.2 Å². The number of rotatable bonds is 1. The third-order valence-corrected chi connectivity index (χ3v) is 3.56. The van der Waals surface area contributed by atoms with E-state index < -0.39 is 12.1 Å². The second-order valence-corrected chi connectivity index (χ2v) is 5.06. The summed E-state index contributed by atoms with van der Waals surface area (Å²) >= 11 is 0. The van der Waals surface area contributed by atoms with Crippen molar-refractivity contribution >= 4 is 11.9 Å². The molecule has 1 aromatic rings. The Hall–Kier alpha value is -2.10. The summed E-state index contributed by atoms with van der Waals surface area (Å²) in [5.74, 6) is -1.19. The van der Waals surface area contributed by atoms with Crippen LogP contribution in [0.1, 0.15) is 10.6 Å². The van der Waals surface area contributed by atoms with E-state index in [2.05, 4.69) is 10.3 Å². The molecule has 1 amide bonds. The molecule has 3 heterocycles. The SMILES string of the molecule is O=C(O)C(F)(F)F.O=C(c1cnco1)N1CC2CNCC2C1. The van der Waals surface area contributed by atoms with Crippen molar-refractivity contribution in [3.05, 3.63) is 18.4 Å². The quantitative estimate of drug-likeness (QED) is 0.786. The van der Waals surface area contributed by atoms with Gasteiger partial charge in [0.2, 0.25) is 5.76 Å². The van der Waals surface area contributed by atoms with E-state index in [-0.39, 0.29) is 5.91 Å². The molecule has 0 saturated carbocycles. The highest BCUT2D eigenvalue weighted by atomic mass is 19.4. The first-order valence-electron chi connectivity index (χ1n) is 6.47. The van der Waals surface area contributed by atoms with Crippen LogP contribution >= 0.6 is 0 Å². The van der Waals surface area contributed by atoms with Gasteiger partial charge < -0.3 is 19.7 Å². The van der Waals surface area contributed by atoms with E-state index >= 15 is 0 Å². The number of carboxylic acids is 1. The van der Waals surface area contributed by atoms with Gasteiger partial charge in [-0.05, 0) is 11.8 Å². The van der Waals surface area contributed by atoms with Crippen molar-refractivity contribution in [3.8, 4) is 0 Å². The van der Waals surface area contributed by atoms with Gasteiger partial charge in [-0.3, -0.25) is 4.79 Å². The number of halogens is 3. The lowest BCUT2D eigenvalue weighted by Crippen LogP contribution is -2.31. The molecule has 0 bridgehead atoms. The van der Waals surface area contributed by atoms with E-state index in [0.717, 1.165) is 26.2 Å². The van der Waals surface area contributed by atoms with Gasteiger partial charge in [-0.1, -0.05) is 0 Å². The maximum absolute atomic E-state index is 11.9. The maximum atomic E-state index is 11.9. The Bertz CT molecular complexity index is 520. The smallest absolute Gasteiger partial charge is 0.475 e. The number of carbonyl (C=O) groups is 2. The van der Waals surface area contributed by atoms with Crippen LogP contribution in [0.2, 0.25) is 0 Å². The lowest BCUT2D eigenvalue weighted by Gasteiger charge is -2.15. The van der Waals surface area contributed by atoms with Crippen LogP contribution in [-0.4, -0.2) is 59.2 Å². The molecular formula is C12H14F3N3O4. The van der Waals surface area contributed by atoms with E-state index in [4.69, 9.17) is 14.3 Å². The standard InChI is InChI=1S/C10H13N3O2.C2HF3O2/c14-10(9-3-12-6-15-9)13-4-7-1-11-2-8(7)5-13;3-2(4,5)1(6)7/h3,6-8,11H,1-2,4-5H2;(H,6,7). The summed E-state index contributed by atoms with van der Waals surface area (Å²) in [6.07, 6.45) is -2.31. The number of amides is 1. The first-order valence-corrected chi connectivity index (χ1v) is 6.47. The molecule has 2 atom stereocenters. The highest BCUT2D eigenvalue weighted by Gasteiger charge is 2.39. The van der Waals surface area contributed by atoms with Gasteiger partial charge in [-0.25, -0.2) is 9.78 Å². The fourth-order valence-electron chi connectivity index (χ4n) is 2.50. The maximum Gasteiger partial charge on any atom is 0.490 e. The minimum Gasteiger partial charge on any atom is -0.475 e. The monoisotopic (exact) mass is 321 g/mol. The van der Waals surface area contributed by atoms with Crippen LogP contribution in [0, 0.1) is 11.8 Å². The normalized spacial score (nSPS) is 23.7. The van der Waals surface area contributed by atoms with E-state index in [0.29, 0.717) is 17.6 Å². The van der Waals surface area contributed by atoms with Crippen LogP contribution in [0.4, 0.5) is 13.2 Å². The predicted octanol–water partition coefficient (Wildman–Crippen LogP) is 0.599. The number of aliphatic carboxylic acids is 1. The Kier molecular flexibility index (Phi) is 4.69. The number of aromatic nitrogens is 1. The summed E-state index contributed by atoms with van der Waals surface area (Å²) in [4.78, 5) is 26.4. The molecule has 2 fully saturated rings. The molecule has 2 N–H and O–H groups in total. The molecule has 0 radical (unpaired) electrons. The summed E-state index contributed by atoms with van der Waals surface area (Å²) in [5.41, 5.74) is 0. The van der Waals surface area contributed by atoms with E-state index in [1.54, 1.807) is 0 Å². The molecule has 2 unspecified atom stereocenters. The second-order valence-electron chi connectivity index (χ2n) is 5.06. The Balaban J connectivity index is 0.000000217. The zero-order valence-corrected chi connectivity index (χ0v) is 11.3. The average molecular weight is 321 g/mol. The van der Waals surface area contributed by atoms with E-state index in [1.807, 2.05) is 4.90 Å². The zero-order valence-electron chi connectivity index (χ0n) is 11.3. The van der Waals surface area contributed by atoms with Crippen molar-refractivity contribution in [3.63, 3.8) is 0 Å².